The van der Waals surface area contributed by atoms with Crippen molar-refractivity contribution in [2.45, 2.75) is 19.6 Å². The highest BCUT2D eigenvalue weighted by Crippen LogP contribution is 2.33. The zero-order valence-electron chi connectivity index (χ0n) is 13.5. The van der Waals surface area contributed by atoms with Crippen LogP contribution in [0.25, 0.3) is 11.3 Å². The van der Waals surface area contributed by atoms with Crippen LogP contribution in [0.15, 0.2) is 52.4 Å². The van der Waals surface area contributed by atoms with Crippen LogP contribution in [0.3, 0.4) is 0 Å². The van der Waals surface area contributed by atoms with Crippen LogP contribution in [0.2, 0.25) is 5.02 Å². The van der Waals surface area contributed by atoms with Crippen molar-refractivity contribution in [2.75, 3.05) is 0 Å². The van der Waals surface area contributed by atoms with Gasteiger partial charge in [-0.3, -0.25) is 4.79 Å². The predicted octanol–water partition coefficient (Wildman–Crippen LogP) is 4.43. The van der Waals surface area contributed by atoms with Gasteiger partial charge in [0.1, 0.15) is 16.6 Å². The molecule has 0 amide bonds. The van der Waals surface area contributed by atoms with Crippen molar-refractivity contribution < 1.29 is 17.6 Å². The number of alkyl halides is 3. The Balaban J connectivity index is 2.86. The first kappa shape index (κ1) is 19.7. The Morgan fingerprint density at radius 2 is 1.92 bits per heavy atom. The monoisotopic (exact) mass is 387 g/mol. The second kappa shape index (κ2) is 7.74. The molecular formula is C17H14ClF4N3O. The molecule has 138 valence electrons. The summed E-state index contributed by atoms with van der Waals surface area (Å²) >= 11 is 5.87. The van der Waals surface area contributed by atoms with Gasteiger partial charge in [-0.15, -0.1) is 0 Å². The number of aromatic nitrogens is 1. The van der Waals surface area contributed by atoms with E-state index in [-0.39, 0.29) is 22.9 Å². The fourth-order valence-electron chi connectivity index (χ4n) is 2.33. The summed E-state index contributed by atoms with van der Waals surface area (Å²) in [6.07, 6.45) is -3.46. The molecule has 1 heterocycles. The molecule has 9 heteroatoms. The second-order valence-electron chi connectivity index (χ2n) is 5.14. The van der Waals surface area contributed by atoms with Crippen molar-refractivity contribution in [2.24, 2.45) is 10.7 Å². The molecule has 4 nitrogen and oxygen atoms in total. The zero-order chi connectivity index (χ0) is 19.5. The van der Waals surface area contributed by atoms with E-state index < -0.39 is 23.3 Å². The lowest BCUT2D eigenvalue weighted by molar-refractivity contribution is -0.0576. The van der Waals surface area contributed by atoms with Crippen molar-refractivity contribution in [1.82, 2.24) is 4.57 Å². The number of hydrogen-bond donors (Lipinski definition) is 1. The minimum atomic E-state index is -4.77. The highest BCUT2D eigenvalue weighted by Gasteiger charge is 2.34. The fourth-order valence-corrected chi connectivity index (χ4v) is 2.54. The lowest BCUT2D eigenvalue weighted by atomic mass is 10.1. The van der Waals surface area contributed by atoms with Gasteiger partial charge in [-0.25, -0.2) is 9.38 Å². The maximum absolute atomic E-state index is 13.2. The first-order valence-electron chi connectivity index (χ1n) is 7.42. The van der Waals surface area contributed by atoms with Crippen molar-refractivity contribution in [3.63, 3.8) is 0 Å². The topological polar surface area (TPSA) is 60.4 Å². The average Bonchev–Trinajstić information content (AvgIpc) is 2.57. The third-order valence-corrected chi connectivity index (χ3v) is 3.72. The van der Waals surface area contributed by atoms with E-state index in [0.29, 0.717) is 17.8 Å². The molecule has 0 aliphatic heterocycles. The number of pyridine rings is 1. The first-order chi connectivity index (χ1) is 12.2. The molecule has 2 N–H and O–H groups in total. The van der Waals surface area contributed by atoms with Gasteiger partial charge in [0, 0.05) is 12.1 Å². The first-order valence-corrected chi connectivity index (χ1v) is 7.80. The van der Waals surface area contributed by atoms with Crippen LogP contribution in [0.1, 0.15) is 6.92 Å². The summed E-state index contributed by atoms with van der Waals surface area (Å²) in [6.45, 7) is 1.76. The molecule has 0 bridgehead atoms. The van der Waals surface area contributed by atoms with Crippen LogP contribution in [0.5, 0.6) is 0 Å². The van der Waals surface area contributed by atoms with Gasteiger partial charge in [0.05, 0.1) is 11.4 Å². The summed E-state index contributed by atoms with van der Waals surface area (Å²) < 4.78 is 53.8. The van der Waals surface area contributed by atoms with Crippen LogP contribution in [-0.4, -0.2) is 16.5 Å². The number of benzene rings is 1. The number of nitrogens with two attached hydrogens (primary N) is 1. The smallest absolute Gasteiger partial charge is 0.405 e. The standard InChI is InChI=1S/C17H14ClF4N3O/c1-2-25-15(10-3-5-11(19)6-4-10)13(9-12(18)16(25)26)24-14(7-8-23)17(20,21)22/h3-9H,2,23H2,1H3. The van der Waals surface area contributed by atoms with Crippen molar-refractivity contribution in [1.29, 1.82) is 0 Å². The Morgan fingerprint density at radius 1 is 1.31 bits per heavy atom. The Labute approximate surface area is 151 Å². The van der Waals surface area contributed by atoms with E-state index in [1.807, 2.05) is 0 Å². The molecule has 0 aliphatic rings. The Hall–Kier alpha value is -2.61. The lowest BCUT2D eigenvalue weighted by Gasteiger charge is -2.16. The van der Waals surface area contributed by atoms with Crippen LogP contribution in [0.4, 0.5) is 23.2 Å². The average molecular weight is 388 g/mol. The Kier molecular flexibility index (Phi) is 5.86. The number of aliphatic imine (C=N–C) groups is 1. The largest absolute Gasteiger partial charge is 0.433 e. The summed E-state index contributed by atoms with van der Waals surface area (Å²) in [7, 11) is 0. The van der Waals surface area contributed by atoms with E-state index in [1.165, 1.54) is 16.7 Å². The fraction of sp³-hybridized carbons (Fsp3) is 0.176. The van der Waals surface area contributed by atoms with E-state index in [4.69, 9.17) is 17.3 Å². The van der Waals surface area contributed by atoms with Gasteiger partial charge in [0.15, 0.2) is 0 Å². The van der Waals surface area contributed by atoms with Crippen molar-refractivity contribution in [3.05, 3.63) is 63.8 Å². The third-order valence-electron chi connectivity index (χ3n) is 3.44. The molecule has 0 spiro atoms. The van der Waals surface area contributed by atoms with Crippen molar-refractivity contribution in [3.8, 4) is 11.3 Å². The van der Waals surface area contributed by atoms with Crippen molar-refractivity contribution >= 4 is 23.0 Å². The van der Waals surface area contributed by atoms with Gasteiger partial charge in [0.25, 0.3) is 5.56 Å². The minimum Gasteiger partial charge on any atom is -0.405 e. The summed E-state index contributed by atoms with van der Waals surface area (Å²) in [6, 6.07) is 5.99. The summed E-state index contributed by atoms with van der Waals surface area (Å²) in [5, 5.41) is -0.283. The molecule has 0 saturated carbocycles. The summed E-state index contributed by atoms with van der Waals surface area (Å²) in [5.41, 5.74) is 3.44. The van der Waals surface area contributed by atoms with Crippen LogP contribution in [0, 0.1) is 5.82 Å². The molecule has 2 rings (SSSR count). The van der Waals surface area contributed by atoms with Gasteiger partial charge in [-0.1, -0.05) is 11.6 Å². The summed E-state index contributed by atoms with van der Waals surface area (Å²) in [5.74, 6) is -0.528. The molecule has 0 atom stereocenters. The Morgan fingerprint density at radius 3 is 2.42 bits per heavy atom. The molecule has 0 saturated heterocycles. The number of rotatable bonds is 4. The van der Waals surface area contributed by atoms with E-state index >= 15 is 0 Å². The predicted molar refractivity (Wildman–Crippen MR) is 93.3 cm³/mol. The highest BCUT2D eigenvalue weighted by molar-refractivity contribution is 6.30. The highest BCUT2D eigenvalue weighted by atomic mass is 35.5. The molecule has 0 fully saturated rings. The van der Waals surface area contributed by atoms with E-state index in [2.05, 4.69) is 4.99 Å². The van der Waals surface area contributed by atoms with Crippen LogP contribution in [-0.2, 0) is 6.54 Å². The molecular weight excluding hydrogens is 374 g/mol. The quantitative estimate of drug-likeness (QED) is 0.623. The molecule has 0 radical (unpaired) electrons. The number of hydrogen-bond acceptors (Lipinski definition) is 3. The van der Waals surface area contributed by atoms with Gasteiger partial charge in [-0.2, -0.15) is 13.2 Å². The second-order valence-corrected chi connectivity index (χ2v) is 5.54. The molecule has 0 unspecified atom stereocenters. The summed E-state index contributed by atoms with van der Waals surface area (Å²) in [4.78, 5) is 15.9. The zero-order valence-corrected chi connectivity index (χ0v) is 14.3. The molecule has 26 heavy (non-hydrogen) atoms. The number of nitrogens with zero attached hydrogens (tertiary/aromatic N) is 2. The maximum atomic E-state index is 13.2. The third kappa shape index (κ3) is 4.13. The Bertz CT molecular complexity index is 915. The number of allylic oxidation sites excluding steroid dienone is 1. The van der Waals surface area contributed by atoms with E-state index in [1.54, 1.807) is 6.92 Å². The molecule has 2 aromatic rings. The molecule has 1 aromatic heterocycles. The van der Waals surface area contributed by atoms with Crippen LogP contribution >= 0.6 is 11.6 Å². The lowest BCUT2D eigenvalue weighted by Crippen LogP contribution is -2.23. The maximum Gasteiger partial charge on any atom is 0.433 e. The van der Waals surface area contributed by atoms with Gasteiger partial charge < -0.3 is 10.3 Å². The van der Waals surface area contributed by atoms with E-state index in [9.17, 15) is 22.4 Å². The van der Waals surface area contributed by atoms with Gasteiger partial charge in [-0.05, 0) is 49.5 Å². The van der Waals surface area contributed by atoms with Gasteiger partial charge in [0.2, 0.25) is 0 Å². The van der Waals surface area contributed by atoms with E-state index in [0.717, 1.165) is 18.2 Å². The normalized spacial score (nSPS) is 12.8. The SMILES string of the molecule is CCn1c(-c2ccc(F)cc2)c(N=C(C=CN)C(F)(F)F)cc(Cl)c1=O. The number of halogens is 5. The van der Waals surface area contributed by atoms with Gasteiger partial charge >= 0.3 is 6.18 Å². The minimum absolute atomic E-state index is 0.0917. The molecule has 1 aromatic carbocycles. The molecule has 0 aliphatic carbocycles. The van der Waals surface area contributed by atoms with Crippen LogP contribution < -0.4 is 11.3 Å².